The van der Waals surface area contributed by atoms with E-state index in [1.54, 1.807) is 23.1 Å². The van der Waals surface area contributed by atoms with Crippen molar-refractivity contribution in [3.8, 4) is 0 Å². The van der Waals surface area contributed by atoms with Crippen LogP contribution in [0.5, 0.6) is 0 Å². The molecule has 1 fully saturated rings. The second-order valence-electron chi connectivity index (χ2n) is 6.46. The van der Waals surface area contributed by atoms with Crippen molar-refractivity contribution in [1.29, 1.82) is 0 Å². The predicted molar refractivity (Wildman–Crippen MR) is 96.7 cm³/mol. The molecule has 0 aliphatic carbocycles. The third-order valence-electron chi connectivity index (χ3n) is 4.57. The molecule has 1 aliphatic heterocycles. The van der Waals surface area contributed by atoms with Crippen LogP contribution in [0.3, 0.4) is 0 Å². The van der Waals surface area contributed by atoms with Crippen LogP contribution >= 0.6 is 0 Å². The summed E-state index contributed by atoms with van der Waals surface area (Å²) < 4.78 is 26.3. The smallest absolute Gasteiger partial charge is 0.315 e. The maximum atomic E-state index is 13.5. The van der Waals surface area contributed by atoms with E-state index in [0.717, 1.165) is 24.0 Å². The van der Waals surface area contributed by atoms with Gasteiger partial charge in [-0.15, -0.1) is 0 Å². The van der Waals surface area contributed by atoms with Crippen LogP contribution in [0.2, 0.25) is 0 Å². The lowest BCUT2D eigenvalue weighted by atomic mass is 10.0. The summed E-state index contributed by atoms with van der Waals surface area (Å²) in [5.41, 5.74) is 1.52. The molecule has 0 radical (unpaired) electrons. The Bertz CT molecular complexity index is 811. The van der Waals surface area contributed by atoms with Gasteiger partial charge in [-0.05, 0) is 48.2 Å². The van der Waals surface area contributed by atoms with Crippen LogP contribution in [0.25, 0.3) is 0 Å². The Morgan fingerprint density at radius 1 is 1.04 bits per heavy atom. The Morgan fingerprint density at radius 3 is 2.56 bits per heavy atom. The second-order valence-corrected chi connectivity index (χ2v) is 6.46. The highest BCUT2D eigenvalue weighted by Crippen LogP contribution is 2.31. The zero-order chi connectivity index (χ0) is 19.2. The van der Waals surface area contributed by atoms with E-state index in [2.05, 4.69) is 10.6 Å². The molecular formula is C20H21F2N3O2. The quantitative estimate of drug-likeness (QED) is 0.846. The summed E-state index contributed by atoms with van der Waals surface area (Å²) in [6.45, 7) is 0.676. The third-order valence-corrected chi connectivity index (χ3v) is 4.57. The number of halogens is 2. The predicted octanol–water partition coefficient (Wildman–Crippen LogP) is 3.13. The van der Waals surface area contributed by atoms with Crippen LogP contribution in [0.4, 0.5) is 13.6 Å². The second kappa shape index (κ2) is 8.62. The lowest BCUT2D eigenvalue weighted by Gasteiger charge is -2.25. The average molecular weight is 373 g/mol. The number of benzene rings is 2. The van der Waals surface area contributed by atoms with E-state index in [4.69, 9.17) is 0 Å². The standard InChI is InChI=1S/C20H21F2N3O2/c21-16-8-6-14(7-9-16)12-23-20(27)24-13-19(26)25-10-2-5-18(25)15-3-1-4-17(22)11-15/h1,3-4,6-9,11,18H,2,5,10,12-13H2,(H2,23,24,27). The van der Waals surface area contributed by atoms with Gasteiger partial charge in [-0.3, -0.25) is 4.79 Å². The van der Waals surface area contributed by atoms with Crippen LogP contribution in [-0.2, 0) is 11.3 Å². The minimum absolute atomic E-state index is 0.138. The number of urea groups is 1. The Morgan fingerprint density at radius 2 is 1.81 bits per heavy atom. The summed E-state index contributed by atoms with van der Waals surface area (Å²) in [6.07, 6.45) is 1.61. The van der Waals surface area contributed by atoms with Crippen LogP contribution in [0, 0.1) is 11.6 Å². The molecule has 1 aliphatic rings. The van der Waals surface area contributed by atoms with Gasteiger partial charge in [0, 0.05) is 13.1 Å². The molecule has 27 heavy (non-hydrogen) atoms. The highest BCUT2D eigenvalue weighted by Gasteiger charge is 2.30. The Kier molecular flexibility index (Phi) is 6.01. The lowest BCUT2D eigenvalue weighted by molar-refractivity contribution is -0.131. The number of amides is 3. The van der Waals surface area contributed by atoms with Gasteiger partial charge in [0.05, 0.1) is 12.6 Å². The highest BCUT2D eigenvalue weighted by molar-refractivity contribution is 5.84. The van der Waals surface area contributed by atoms with E-state index in [9.17, 15) is 18.4 Å². The van der Waals surface area contributed by atoms with Gasteiger partial charge in [0.25, 0.3) is 0 Å². The first-order chi connectivity index (χ1) is 13.0. The topological polar surface area (TPSA) is 61.4 Å². The van der Waals surface area contributed by atoms with Gasteiger partial charge in [-0.25, -0.2) is 13.6 Å². The number of hydrogen-bond acceptors (Lipinski definition) is 2. The number of rotatable bonds is 5. The molecule has 1 heterocycles. The maximum Gasteiger partial charge on any atom is 0.315 e. The fraction of sp³-hybridized carbons (Fsp3) is 0.300. The molecule has 2 aromatic rings. The van der Waals surface area contributed by atoms with Gasteiger partial charge in [0.2, 0.25) is 5.91 Å². The molecular weight excluding hydrogens is 352 g/mol. The number of hydrogen-bond donors (Lipinski definition) is 2. The van der Waals surface area contributed by atoms with Gasteiger partial charge in [-0.1, -0.05) is 24.3 Å². The van der Waals surface area contributed by atoms with Crippen LogP contribution in [-0.4, -0.2) is 29.9 Å². The molecule has 3 amide bonds. The first-order valence-electron chi connectivity index (χ1n) is 8.84. The van der Waals surface area contributed by atoms with Crippen molar-refractivity contribution < 1.29 is 18.4 Å². The molecule has 7 heteroatoms. The van der Waals surface area contributed by atoms with Crippen molar-refractivity contribution in [1.82, 2.24) is 15.5 Å². The number of carbonyl (C=O) groups excluding carboxylic acids is 2. The highest BCUT2D eigenvalue weighted by atomic mass is 19.1. The Hall–Kier alpha value is -2.96. The molecule has 0 spiro atoms. The average Bonchev–Trinajstić information content (AvgIpc) is 3.15. The normalized spacial score (nSPS) is 16.2. The zero-order valence-corrected chi connectivity index (χ0v) is 14.8. The first kappa shape index (κ1) is 18.8. The molecule has 1 unspecified atom stereocenters. The van der Waals surface area contributed by atoms with Crippen LogP contribution in [0.15, 0.2) is 48.5 Å². The largest absolute Gasteiger partial charge is 0.334 e. The summed E-state index contributed by atoms with van der Waals surface area (Å²) in [5, 5.41) is 5.16. The van der Waals surface area contributed by atoms with E-state index in [1.807, 2.05) is 6.07 Å². The zero-order valence-electron chi connectivity index (χ0n) is 14.8. The van der Waals surface area contributed by atoms with Crippen molar-refractivity contribution in [3.63, 3.8) is 0 Å². The lowest BCUT2D eigenvalue weighted by Crippen LogP contribution is -2.43. The van der Waals surface area contributed by atoms with Gasteiger partial charge >= 0.3 is 6.03 Å². The molecule has 1 saturated heterocycles. The van der Waals surface area contributed by atoms with E-state index in [1.165, 1.54) is 24.3 Å². The summed E-state index contributed by atoms with van der Waals surface area (Å²) in [5.74, 6) is -0.879. The molecule has 0 aromatic heterocycles. The minimum atomic E-state index is -0.478. The molecule has 2 N–H and O–H groups in total. The molecule has 3 rings (SSSR count). The van der Waals surface area contributed by atoms with Crippen molar-refractivity contribution >= 4 is 11.9 Å². The van der Waals surface area contributed by atoms with Gasteiger partial charge < -0.3 is 15.5 Å². The first-order valence-corrected chi connectivity index (χ1v) is 8.84. The molecule has 2 aromatic carbocycles. The summed E-state index contributed by atoms with van der Waals surface area (Å²) in [6, 6.07) is 11.4. The maximum absolute atomic E-state index is 13.5. The summed E-state index contributed by atoms with van der Waals surface area (Å²) >= 11 is 0. The minimum Gasteiger partial charge on any atom is -0.334 e. The van der Waals surface area contributed by atoms with E-state index in [0.29, 0.717) is 6.54 Å². The molecule has 142 valence electrons. The third kappa shape index (κ3) is 5.03. The SMILES string of the molecule is O=C(NCC(=O)N1CCCC1c1cccc(F)c1)NCc1ccc(F)cc1. The van der Waals surface area contributed by atoms with Gasteiger partial charge in [0.1, 0.15) is 11.6 Å². The van der Waals surface area contributed by atoms with E-state index in [-0.39, 0.29) is 36.7 Å². The number of nitrogens with one attached hydrogen (secondary N) is 2. The number of nitrogens with zero attached hydrogens (tertiary/aromatic N) is 1. The van der Waals surface area contributed by atoms with Crippen molar-refractivity contribution in [2.24, 2.45) is 0 Å². The molecule has 0 bridgehead atoms. The van der Waals surface area contributed by atoms with Crippen molar-refractivity contribution in [2.75, 3.05) is 13.1 Å². The van der Waals surface area contributed by atoms with E-state index < -0.39 is 6.03 Å². The van der Waals surface area contributed by atoms with Crippen LogP contribution in [0.1, 0.15) is 30.0 Å². The fourth-order valence-corrected chi connectivity index (χ4v) is 3.23. The molecule has 1 atom stereocenters. The monoisotopic (exact) mass is 373 g/mol. The summed E-state index contributed by atoms with van der Waals surface area (Å²) in [7, 11) is 0. The number of carbonyl (C=O) groups is 2. The Balaban J connectivity index is 1.49. The van der Waals surface area contributed by atoms with Crippen molar-refractivity contribution in [2.45, 2.75) is 25.4 Å². The van der Waals surface area contributed by atoms with Gasteiger partial charge in [-0.2, -0.15) is 0 Å². The number of likely N-dealkylation sites (tertiary alicyclic amines) is 1. The fourth-order valence-electron chi connectivity index (χ4n) is 3.23. The molecule has 5 nitrogen and oxygen atoms in total. The Labute approximate surface area is 156 Å². The molecule has 0 saturated carbocycles. The summed E-state index contributed by atoms with van der Waals surface area (Å²) in [4.78, 5) is 26.0. The van der Waals surface area contributed by atoms with Crippen molar-refractivity contribution in [3.05, 3.63) is 71.3 Å². The van der Waals surface area contributed by atoms with Crippen LogP contribution < -0.4 is 10.6 Å². The van der Waals surface area contributed by atoms with Gasteiger partial charge in [0.15, 0.2) is 0 Å². The van der Waals surface area contributed by atoms with E-state index >= 15 is 0 Å².